The molecule has 0 radical (unpaired) electrons. The molecule has 0 fully saturated rings. The van der Waals surface area contributed by atoms with Gasteiger partial charge < -0.3 is 59.1 Å². The summed E-state index contributed by atoms with van der Waals surface area (Å²) in [7, 11) is 9.77. The highest BCUT2D eigenvalue weighted by atomic mass is 31.2. The van der Waals surface area contributed by atoms with Crippen molar-refractivity contribution < 1.29 is 61.4 Å². The van der Waals surface area contributed by atoms with Gasteiger partial charge in [-0.05, 0) is 104 Å². The molecule has 0 saturated heterocycles. The highest BCUT2D eigenvalue weighted by molar-refractivity contribution is 7.40. The number of hydrazine groups is 1. The Morgan fingerprint density at radius 2 is 1.62 bits per heavy atom. The normalized spacial score (nSPS) is 13.9. The first-order chi connectivity index (χ1) is 37.7. The van der Waals surface area contributed by atoms with E-state index in [0.717, 1.165) is 69.0 Å². The molecule has 448 valence electrons. The SMILES string of the molecule is C=C.C=O.CC.CC.CC(C)C(=O)NN.CCOP(O)OCC[N+](C)(C)C.CCc1ccc(COC2CCc3c(C)c(F)cc4nc5c(c2c34)CN(C)/C5=C\C(=C(/C=O)CCO)C(C=O)CC)c(CN(C)C=O)c1.CN.NC=O. The Labute approximate surface area is 473 Å². The summed E-state index contributed by atoms with van der Waals surface area (Å²) in [6.07, 6.45) is 7.01. The Hall–Kier alpha value is -5.67. The van der Waals surface area contributed by atoms with Crippen molar-refractivity contribution in [2.75, 3.05) is 68.7 Å². The number of halogens is 1. The zero-order chi connectivity index (χ0) is 62.0. The monoisotopic (exact) mass is 1130 g/mol. The van der Waals surface area contributed by atoms with Crippen molar-refractivity contribution in [2.45, 2.75) is 127 Å². The number of quaternary nitrogens is 1. The van der Waals surface area contributed by atoms with E-state index >= 15 is 4.39 Å². The summed E-state index contributed by atoms with van der Waals surface area (Å²) >= 11 is 0. The molecule has 3 amide bonds. The third-order valence-electron chi connectivity index (χ3n) is 11.6. The molecular weight excluding hydrogens is 1030 g/mol. The van der Waals surface area contributed by atoms with Crippen LogP contribution in [0.1, 0.15) is 132 Å². The molecule has 5 rings (SSSR count). The lowest BCUT2D eigenvalue weighted by Gasteiger charge is -2.29. The van der Waals surface area contributed by atoms with Crippen LogP contribution < -0.4 is 22.7 Å². The lowest BCUT2D eigenvalue weighted by molar-refractivity contribution is -0.870. The first kappa shape index (κ1) is 79.8. The topological polar surface area (TPSA) is 280 Å². The van der Waals surface area contributed by atoms with Crippen molar-refractivity contribution >= 4 is 63.3 Å². The Morgan fingerprint density at radius 3 is 2.08 bits per heavy atom. The fourth-order valence-electron chi connectivity index (χ4n) is 7.71. The van der Waals surface area contributed by atoms with Crippen LogP contribution in [0.15, 0.2) is 54.6 Å². The van der Waals surface area contributed by atoms with Gasteiger partial charge in [0.05, 0.1) is 57.4 Å². The van der Waals surface area contributed by atoms with E-state index in [9.17, 15) is 24.3 Å². The van der Waals surface area contributed by atoms with Gasteiger partial charge >= 0.3 is 8.60 Å². The van der Waals surface area contributed by atoms with Crippen LogP contribution >= 0.6 is 8.60 Å². The number of hydrogen-bond acceptors (Lipinski definition) is 15. The molecule has 21 heteroatoms. The second kappa shape index (κ2) is 46.1. The van der Waals surface area contributed by atoms with Crippen LogP contribution in [0.25, 0.3) is 16.6 Å². The van der Waals surface area contributed by atoms with Crippen LogP contribution in [-0.2, 0) is 75.1 Å². The van der Waals surface area contributed by atoms with Gasteiger partial charge in [-0.25, -0.2) is 15.2 Å². The van der Waals surface area contributed by atoms with E-state index in [-0.39, 0.29) is 43.2 Å². The number of aldehydes is 2. The van der Waals surface area contributed by atoms with E-state index < -0.39 is 14.5 Å². The van der Waals surface area contributed by atoms with Crippen molar-refractivity contribution in [1.82, 2.24) is 20.2 Å². The summed E-state index contributed by atoms with van der Waals surface area (Å²) in [6.45, 7) is 30.2. The van der Waals surface area contributed by atoms with Crippen LogP contribution in [0.3, 0.4) is 0 Å². The summed E-state index contributed by atoms with van der Waals surface area (Å²) in [5.41, 5.74) is 20.4. The number of carbonyl (C=O) groups is 6. The number of nitrogens with zero attached hydrogens (tertiary/aromatic N) is 4. The van der Waals surface area contributed by atoms with Crippen LogP contribution in [0.4, 0.5) is 4.39 Å². The molecule has 2 heterocycles. The Balaban J connectivity index is -0.000000725. The second-order valence-electron chi connectivity index (χ2n) is 17.9. The number of likely N-dealkylation sites (N-methyl/N-ethyl adjacent to an activating group) is 1. The van der Waals surface area contributed by atoms with Gasteiger partial charge in [0.1, 0.15) is 38.3 Å². The number of fused-ring (bicyclic) bond motifs is 2. The Bertz CT molecular complexity index is 2290. The average Bonchev–Trinajstić information content (AvgIpc) is 3.77. The molecule has 3 unspecified atom stereocenters. The molecule has 9 N–H and O–H groups in total. The van der Waals surface area contributed by atoms with E-state index in [2.05, 4.69) is 70.9 Å². The van der Waals surface area contributed by atoms with E-state index in [0.29, 0.717) is 86.4 Å². The predicted octanol–water partition coefficient (Wildman–Crippen LogP) is 7.87. The van der Waals surface area contributed by atoms with Gasteiger partial charge in [-0.2, -0.15) is 0 Å². The highest BCUT2D eigenvalue weighted by Gasteiger charge is 2.35. The number of primary amides is 1. The molecule has 19 nitrogen and oxygen atoms in total. The van der Waals surface area contributed by atoms with Gasteiger partial charge in [0, 0.05) is 62.6 Å². The van der Waals surface area contributed by atoms with Crippen molar-refractivity contribution in [1.29, 1.82) is 0 Å². The number of ether oxygens (including phenoxy) is 1. The maximum absolute atomic E-state index is 15.3. The van der Waals surface area contributed by atoms with Gasteiger partial charge in [0.25, 0.3) is 0 Å². The summed E-state index contributed by atoms with van der Waals surface area (Å²) in [4.78, 5) is 80.3. The fourth-order valence-corrected chi connectivity index (χ4v) is 8.24. The summed E-state index contributed by atoms with van der Waals surface area (Å²) in [5, 5.41) is 10.6. The minimum absolute atomic E-state index is 0.00926. The summed E-state index contributed by atoms with van der Waals surface area (Å²) < 4.78 is 32.8. The maximum atomic E-state index is 15.3. The molecule has 1 aliphatic carbocycles. The van der Waals surface area contributed by atoms with Gasteiger partial charge in [-0.3, -0.25) is 24.6 Å². The number of aliphatic hydroxyl groups is 1. The van der Waals surface area contributed by atoms with Crippen LogP contribution in [0.2, 0.25) is 0 Å². The van der Waals surface area contributed by atoms with Crippen LogP contribution in [-0.4, -0.2) is 136 Å². The Kier molecular flexibility index (Phi) is 46.6. The number of aryl methyl sites for hydroxylation is 2. The molecule has 0 saturated carbocycles. The predicted molar refractivity (Wildman–Crippen MR) is 318 cm³/mol. The molecular formula is C58H99FN8O11P+. The third kappa shape index (κ3) is 27.4. The van der Waals surface area contributed by atoms with E-state index in [4.69, 9.17) is 39.1 Å². The van der Waals surface area contributed by atoms with Crippen LogP contribution in [0, 0.1) is 24.6 Å². The van der Waals surface area contributed by atoms with Crippen molar-refractivity contribution in [3.8, 4) is 0 Å². The fraction of sp³-hybridized carbons (Fsp3) is 0.534. The number of carbonyl (C=O) groups excluding carboxylic acids is 6. The summed E-state index contributed by atoms with van der Waals surface area (Å²) in [6, 6.07) is 7.80. The number of pyridine rings is 1. The minimum Gasteiger partial charge on any atom is -0.396 e. The second-order valence-corrected chi connectivity index (χ2v) is 18.9. The molecule has 1 aromatic heterocycles. The zero-order valence-electron chi connectivity index (χ0n) is 50.4. The van der Waals surface area contributed by atoms with Gasteiger partial charge in [-0.1, -0.05) is 73.6 Å². The molecule has 0 bridgehead atoms. The first-order valence-electron chi connectivity index (χ1n) is 26.5. The largest absolute Gasteiger partial charge is 0.396 e. The van der Waals surface area contributed by atoms with E-state index in [1.54, 1.807) is 25.8 Å². The number of amides is 3. The molecule has 2 aromatic carbocycles. The molecule has 79 heavy (non-hydrogen) atoms. The smallest absolute Gasteiger partial charge is 0.330 e. The maximum Gasteiger partial charge on any atom is 0.330 e. The summed E-state index contributed by atoms with van der Waals surface area (Å²) in [5.74, 6) is 3.81. The quantitative estimate of drug-likeness (QED) is 0.00865. The zero-order valence-corrected chi connectivity index (χ0v) is 51.3. The van der Waals surface area contributed by atoms with Crippen LogP contribution in [0.5, 0.6) is 0 Å². The number of allylic oxidation sites excluding steroid dienone is 2. The van der Waals surface area contributed by atoms with Gasteiger partial charge in [0.2, 0.25) is 18.7 Å². The van der Waals surface area contributed by atoms with Crippen molar-refractivity contribution in [3.63, 3.8) is 0 Å². The van der Waals surface area contributed by atoms with Crippen molar-refractivity contribution in [3.05, 3.63) is 105 Å². The molecule has 3 atom stereocenters. The standard InChI is InChI=1S/C38H44FN3O5.C7H19NO3P.C4H10N2O.2C2H6.C2H4.CH3NO.CH5N.CH2O/c1-6-24-8-9-27(28(14-24)17-41(4)22-46)21-47-35-11-10-29-23(3)32(39)16-33-36(29)37(35)31-18-42(5)34(38(31)40-33)15-30(25(7-2)19-44)26(20-45)12-13-43;1-5-10-12(9)11-7-6-8(2,3)4;1-3(2)4(7)6-5;3*1-2;2-1-3;2*1-2/h8-9,14-16,19-20,22,25,35,43H,6-7,10-13,17-18,21H2,1-5H3;9H,5-7H2,1-4H3;3H,5H2,1-2H3,(H,6,7);2*1-2H3;1-2H2;1H,(H2,2,3);2H2,1H3;1H2/q;+1;;;;;;;/b30-26+,34-15-;;;;;;;;. The first-order valence-corrected chi connectivity index (χ1v) is 27.6. The minimum atomic E-state index is -1.64. The van der Waals surface area contributed by atoms with E-state index in [1.165, 1.54) is 18.7 Å². The number of hydrogen-bond donors (Lipinski definition) is 6. The number of aromatic nitrogens is 1. The number of nitrogens with two attached hydrogens (primary N) is 3. The van der Waals surface area contributed by atoms with Gasteiger partial charge in [0.15, 0.2) is 0 Å². The highest BCUT2D eigenvalue weighted by Crippen LogP contribution is 2.46. The number of benzene rings is 2. The lowest BCUT2D eigenvalue weighted by Crippen LogP contribution is -2.37. The molecule has 0 spiro atoms. The number of rotatable bonds is 21. The Morgan fingerprint density at radius 1 is 1.03 bits per heavy atom. The number of aliphatic hydroxyl groups excluding tert-OH is 1. The van der Waals surface area contributed by atoms with E-state index in [1.807, 2.05) is 78.7 Å². The van der Waals surface area contributed by atoms with Crippen molar-refractivity contribution in [2.24, 2.45) is 29.1 Å². The third-order valence-corrected chi connectivity index (χ3v) is 12.4. The molecule has 3 aromatic rings. The molecule has 1 aliphatic heterocycles. The average molecular weight is 1130 g/mol. The van der Waals surface area contributed by atoms with Gasteiger partial charge in [-0.15, -0.1) is 13.2 Å². The molecule has 2 aliphatic rings. The lowest BCUT2D eigenvalue weighted by atomic mass is 9.83. The number of nitrogens with one attached hydrogen (secondary N) is 1.